The maximum Gasteiger partial charge on any atom is 0.188 e. The van der Waals surface area contributed by atoms with Crippen molar-refractivity contribution in [2.75, 3.05) is 5.32 Å². The molecule has 0 aromatic carbocycles. The molecule has 0 aliphatic rings. The zero-order chi connectivity index (χ0) is 13.3. The van der Waals surface area contributed by atoms with Gasteiger partial charge in [-0.25, -0.2) is 4.98 Å². The number of aryl methyl sites for hydroxylation is 2. The SMILES string of the molecule is Cc1cnc(Nc2nnc(C)c(C)c2C(N)=S)s1. The van der Waals surface area contributed by atoms with Crippen LogP contribution in [-0.2, 0) is 0 Å². The third-order valence-corrected chi connectivity index (χ3v) is 3.58. The van der Waals surface area contributed by atoms with Gasteiger partial charge in [0.25, 0.3) is 0 Å². The van der Waals surface area contributed by atoms with Gasteiger partial charge in [0.05, 0.1) is 11.3 Å². The summed E-state index contributed by atoms with van der Waals surface area (Å²) in [7, 11) is 0. The molecular formula is C11H13N5S2. The first-order chi connectivity index (χ1) is 8.49. The van der Waals surface area contributed by atoms with Crippen LogP contribution in [0.3, 0.4) is 0 Å². The molecule has 0 saturated heterocycles. The third-order valence-electron chi connectivity index (χ3n) is 2.55. The molecule has 3 N–H and O–H groups in total. The number of rotatable bonds is 3. The lowest BCUT2D eigenvalue weighted by Gasteiger charge is -2.11. The molecule has 0 fully saturated rings. The molecule has 0 atom stereocenters. The molecule has 0 radical (unpaired) electrons. The van der Waals surface area contributed by atoms with Crippen LogP contribution in [0.4, 0.5) is 10.9 Å². The summed E-state index contributed by atoms with van der Waals surface area (Å²) >= 11 is 6.61. The highest BCUT2D eigenvalue weighted by Crippen LogP contribution is 2.24. The van der Waals surface area contributed by atoms with Gasteiger partial charge in [-0.3, -0.25) is 0 Å². The lowest BCUT2D eigenvalue weighted by atomic mass is 10.1. The molecule has 0 unspecified atom stereocenters. The van der Waals surface area contributed by atoms with E-state index >= 15 is 0 Å². The maximum absolute atomic E-state index is 5.75. The molecule has 18 heavy (non-hydrogen) atoms. The number of thiocarbonyl (C=S) groups is 1. The first-order valence-electron chi connectivity index (χ1n) is 5.32. The van der Waals surface area contributed by atoms with Crippen molar-refractivity contribution in [3.05, 3.63) is 27.9 Å². The van der Waals surface area contributed by atoms with Gasteiger partial charge in [0.1, 0.15) is 4.99 Å². The number of anilines is 2. The van der Waals surface area contributed by atoms with Gasteiger partial charge >= 0.3 is 0 Å². The van der Waals surface area contributed by atoms with Gasteiger partial charge in [0, 0.05) is 11.1 Å². The Balaban J connectivity index is 2.44. The summed E-state index contributed by atoms with van der Waals surface area (Å²) in [6, 6.07) is 0. The quantitative estimate of drug-likeness (QED) is 0.839. The van der Waals surface area contributed by atoms with Gasteiger partial charge in [0.2, 0.25) is 0 Å². The van der Waals surface area contributed by atoms with Gasteiger partial charge in [0.15, 0.2) is 10.9 Å². The van der Waals surface area contributed by atoms with E-state index in [-0.39, 0.29) is 0 Å². The third kappa shape index (κ3) is 2.46. The first-order valence-corrected chi connectivity index (χ1v) is 6.54. The Morgan fingerprint density at radius 1 is 1.33 bits per heavy atom. The number of hydrogen-bond donors (Lipinski definition) is 2. The number of nitrogens with one attached hydrogen (secondary N) is 1. The van der Waals surface area contributed by atoms with Crippen molar-refractivity contribution in [1.29, 1.82) is 0 Å². The van der Waals surface area contributed by atoms with Crippen molar-refractivity contribution in [2.45, 2.75) is 20.8 Å². The summed E-state index contributed by atoms with van der Waals surface area (Å²) in [5.41, 5.74) is 8.23. The molecule has 0 spiro atoms. The molecule has 0 aliphatic carbocycles. The van der Waals surface area contributed by atoms with Crippen LogP contribution in [0.15, 0.2) is 6.20 Å². The van der Waals surface area contributed by atoms with E-state index in [9.17, 15) is 0 Å². The molecule has 5 nitrogen and oxygen atoms in total. The van der Waals surface area contributed by atoms with Crippen molar-refractivity contribution in [3.8, 4) is 0 Å². The molecule has 0 aliphatic heterocycles. The van der Waals surface area contributed by atoms with Crippen LogP contribution in [0.25, 0.3) is 0 Å². The van der Waals surface area contributed by atoms with Gasteiger partial charge < -0.3 is 11.1 Å². The fraction of sp³-hybridized carbons (Fsp3) is 0.273. The Kier molecular flexibility index (Phi) is 3.53. The van der Waals surface area contributed by atoms with Crippen molar-refractivity contribution in [3.63, 3.8) is 0 Å². The number of aromatic nitrogens is 3. The fourth-order valence-electron chi connectivity index (χ4n) is 1.51. The van der Waals surface area contributed by atoms with Crippen LogP contribution in [0, 0.1) is 20.8 Å². The zero-order valence-corrected chi connectivity index (χ0v) is 11.9. The lowest BCUT2D eigenvalue weighted by Crippen LogP contribution is -2.16. The zero-order valence-electron chi connectivity index (χ0n) is 10.3. The predicted octanol–water partition coefficient (Wildman–Crippen LogP) is 2.24. The minimum atomic E-state index is 0.307. The molecule has 7 heteroatoms. The molecule has 2 heterocycles. The average molecular weight is 279 g/mol. The van der Waals surface area contributed by atoms with E-state index in [0.717, 1.165) is 26.8 Å². The highest BCUT2D eigenvalue weighted by atomic mass is 32.1. The van der Waals surface area contributed by atoms with Gasteiger partial charge in [-0.2, -0.15) is 5.10 Å². The summed E-state index contributed by atoms with van der Waals surface area (Å²) < 4.78 is 0. The maximum atomic E-state index is 5.75. The second-order valence-corrected chi connectivity index (χ2v) is 5.57. The summed E-state index contributed by atoms with van der Waals surface area (Å²) in [6.45, 7) is 5.79. The predicted molar refractivity (Wildman–Crippen MR) is 77.5 cm³/mol. The smallest absolute Gasteiger partial charge is 0.188 e. The normalized spacial score (nSPS) is 10.4. The molecule has 2 aromatic heterocycles. The van der Waals surface area contributed by atoms with E-state index in [4.69, 9.17) is 18.0 Å². The monoisotopic (exact) mass is 279 g/mol. The minimum absolute atomic E-state index is 0.307. The second-order valence-electron chi connectivity index (χ2n) is 3.90. The summed E-state index contributed by atoms with van der Waals surface area (Å²) in [6.07, 6.45) is 1.79. The van der Waals surface area contributed by atoms with Crippen molar-refractivity contribution in [2.24, 2.45) is 5.73 Å². The molecule has 94 valence electrons. The lowest BCUT2D eigenvalue weighted by molar-refractivity contribution is 0.962. The molecule has 0 bridgehead atoms. The highest BCUT2D eigenvalue weighted by molar-refractivity contribution is 7.80. The number of hydrogen-bond acceptors (Lipinski definition) is 6. The van der Waals surface area contributed by atoms with Crippen LogP contribution in [0.1, 0.15) is 21.7 Å². The highest BCUT2D eigenvalue weighted by Gasteiger charge is 2.14. The minimum Gasteiger partial charge on any atom is -0.389 e. The average Bonchev–Trinajstić information content (AvgIpc) is 2.69. The standard InChI is InChI=1S/C11H13N5S2/c1-5-4-13-11(18-5)14-10-8(9(12)17)6(2)7(3)15-16-10/h4H,1-3H3,(H2,12,17)(H,13,14,16). The van der Waals surface area contributed by atoms with E-state index in [0.29, 0.717) is 10.8 Å². The van der Waals surface area contributed by atoms with Crippen LogP contribution in [0.5, 0.6) is 0 Å². The topological polar surface area (TPSA) is 76.7 Å². The van der Waals surface area contributed by atoms with Crippen LogP contribution < -0.4 is 11.1 Å². The Morgan fingerprint density at radius 2 is 2.06 bits per heavy atom. The van der Waals surface area contributed by atoms with Gasteiger partial charge in [-0.1, -0.05) is 12.2 Å². The molecule has 0 saturated carbocycles. The summed E-state index contributed by atoms with van der Waals surface area (Å²) in [5, 5.41) is 12.0. The first kappa shape index (κ1) is 12.8. The van der Waals surface area contributed by atoms with E-state index in [2.05, 4.69) is 20.5 Å². The summed E-state index contributed by atoms with van der Waals surface area (Å²) in [4.78, 5) is 5.64. The summed E-state index contributed by atoms with van der Waals surface area (Å²) in [5.74, 6) is 0.556. The largest absolute Gasteiger partial charge is 0.389 e. The second kappa shape index (κ2) is 4.95. The number of nitrogens with two attached hydrogens (primary N) is 1. The van der Waals surface area contributed by atoms with Crippen LogP contribution in [-0.4, -0.2) is 20.2 Å². The van der Waals surface area contributed by atoms with E-state index < -0.39 is 0 Å². The number of nitrogens with zero attached hydrogens (tertiary/aromatic N) is 3. The molecule has 2 rings (SSSR count). The fourth-order valence-corrected chi connectivity index (χ4v) is 2.42. The van der Waals surface area contributed by atoms with E-state index in [1.807, 2.05) is 20.8 Å². The van der Waals surface area contributed by atoms with Crippen molar-refractivity contribution >= 4 is 39.5 Å². The van der Waals surface area contributed by atoms with Gasteiger partial charge in [-0.15, -0.1) is 16.4 Å². The molecule has 2 aromatic rings. The Labute approximate surface area is 114 Å². The van der Waals surface area contributed by atoms with Crippen LogP contribution >= 0.6 is 23.6 Å². The molecular weight excluding hydrogens is 266 g/mol. The van der Waals surface area contributed by atoms with Crippen molar-refractivity contribution in [1.82, 2.24) is 15.2 Å². The Bertz CT molecular complexity index is 605. The van der Waals surface area contributed by atoms with E-state index in [1.165, 1.54) is 11.3 Å². The van der Waals surface area contributed by atoms with E-state index in [1.54, 1.807) is 6.20 Å². The van der Waals surface area contributed by atoms with Gasteiger partial charge in [-0.05, 0) is 26.3 Å². The molecule has 0 amide bonds. The number of thiazole rings is 1. The Hall–Kier alpha value is -1.60. The van der Waals surface area contributed by atoms with Crippen molar-refractivity contribution < 1.29 is 0 Å². The van der Waals surface area contributed by atoms with Crippen LogP contribution in [0.2, 0.25) is 0 Å². The Morgan fingerprint density at radius 3 is 2.61 bits per heavy atom.